The topological polar surface area (TPSA) is 18.5 Å². The summed E-state index contributed by atoms with van der Waals surface area (Å²) in [4.78, 5) is 0. The zero-order chi connectivity index (χ0) is 26.9. The van der Waals surface area contributed by atoms with E-state index in [-0.39, 0.29) is 0 Å². The van der Waals surface area contributed by atoms with Crippen LogP contribution in [0.5, 0.6) is 11.5 Å². The van der Waals surface area contributed by atoms with Gasteiger partial charge in [-0.15, -0.1) is 0 Å². The lowest BCUT2D eigenvalue weighted by molar-refractivity contribution is 0.161. The summed E-state index contributed by atoms with van der Waals surface area (Å²) < 4.78 is 12.6. The predicted octanol–water partition coefficient (Wildman–Crippen LogP) is 9.52. The number of rotatable bonds is 5. The Hall–Kier alpha value is -5.08. The van der Waals surface area contributed by atoms with Crippen LogP contribution in [0.15, 0.2) is 133 Å². The molecule has 7 rings (SSSR count). The Kier molecular flexibility index (Phi) is 5.94. The highest BCUT2D eigenvalue weighted by atomic mass is 16.5. The van der Waals surface area contributed by atoms with Crippen LogP contribution in [-0.4, -0.2) is 7.11 Å². The van der Waals surface area contributed by atoms with E-state index in [1.54, 1.807) is 7.11 Å². The van der Waals surface area contributed by atoms with Gasteiger partial charge in [0, 0.05) is 22.3 Å². The van der Waals surface area contributed by atoms with E-state index >= 15 is 0 Å². The summed E-state index contributed by atoms with van der Waals surface area (Å²) in [5.41, 5.74) is 4.73. The van der Waals surface area contributed by atoms with Crippen LogP contribution < -0.4 is 9.47 Å². The number of ether oxygens (including phenoxy) is 2. The Bertz CT molecular complexity index is 1860. The fourth-order valence-electron chi connectivity index (χ4n) is 5.69. The first kappa shape index (κ1) is 24.0. The number of methoxy groups -OCH3 is 1. The highest BCUT2D eigenvalue weighted by Crippen LogP contribution is 2.46. The predicted molar refractivity (Wildman–Crippen MR) is 167 cm³/mol. The maximum atomic E-state index is 7.16. The van der Waals surface area contributed by atoms with Gasteiger partial charge in [0.05, 0.1) is 7.11 Å². The average Bonchev–Trinajstić information content (AvgIpc) is 3.03. The van der Waals surface area contributed by atoms with Crippen molar-refractivity contribution in [2.45, 2.75) is 5.60 Å². The van der Waals surface area contributed by atoms with E-state index in [4.69, 9.17) is 9.47 Å². The van der Waals surface area contributed by atoms with E-state index < -0.39 is 5.60 Å². The average molecular weight is 517 g/mol. The molecule has 2 nitrogen and oxygen atoms in total. The van der Waals surface area contributed by atoms with Crippen LogP contribution in [0.25, 0.3) is 39.8 Å². The largest absolute Gasteiger partial charge is 0.497 e. The van der Waals surface area contributed by atoms with E-state index in [1.807, 2.05) is 18.2 Å². The van der Waals surface area contributed by atoms with Gasteiger partial charge in [0.15, 0.2) is 5.60 Å². The third kappa shape index (κ3) is 4.15. The van der Waals surface area contributed by atoms with Crippen molar-refractivity contribution in [1.82, 2.24) is 0 Å². The van der Waals surface area contributed by atoms with Crippen molar-refractivity contribution in [3.05, 3.63) is 161 Å². The second-order valence-electron chi connectivity index (χ2n) is 10.1. The van der Waals surface area contributed by atoms with Gasteiger partial charge in [-0.2, -0.15) is 0 Å². The van der Waals surface area contributed by atoms with Crippen LogP contribution in [0.1, 0.15) is 27.8 Å². The van der Waals surface area contributed by atoms with E-state index in [0.717, 1.165) is 44.7 Å². The second kappa shape index (κ2) is 9.91. The summed E-state index contributed by atoms with van der Waals surface area (Å²) in [7, 11) is 1.70. The van der Waals surface area contributed by atoms with Crippen molar-refractivity contribution in [1.29, 1.82) is 0 Å². The smallest absolute Gasteiger partial charge is 0.178 e. The SMILES string of the molecule is COc1ccc2cc(/C=C\c3cc4ccccc4c4c3OC(c3ccccc3)(c3ccccc3)C=C4)ccc2c1. The first-order chi connectivity index (χ1) is 19.7. The molecule has 192 valence electrons. The van der Waals surface area contributed by atoms with Crippen LogP contribution in [0.3, 0.4) is 0 Å². The fourth-order valence-corrected chi connectivity index (χ4v) is 5.69. The highest BCUT2D eigenvalue weighted by Gasteiger charge is 2.38. The summed E-state index contributed by atoms with van der Waals surface area (Å²) in [5.74, 6) is 1.75. The van der Waals surface area contributed by atoms with Gasteiger partial charge in [0.1, 0.15) is 11.5 Å². The Morgan fingerprint density at radius 1 is 0.625 bits per heavy atom. The van der Waals surface area contributed by atoms with Crippen LogP contribution in [-0.2, 0) is 5.60 Å². The van der Waals surface area contributed by atoms with Crippen molar-refractivity contribution in [3.8, 4) is 11.5 Å². The van der Waals surface area contributed by atoms with Crippen molar-refractivity contribution in [2.75, 3.05) is 7.11 Å². The number of benzene rings is 6. The van der Waals surface area contributed by atoms with Gasteiger partial charge >= 0.3 is 0 Å². The first-order valence-electron chi connectivity index (χ1n) is 13.5. The third-order valence-electron chi connectivity index (χ3n) is 7.75. The molecule has 0 atom stereocenters. The van der Waals surface area contributed by atoms with Crippen molar-refractivity contribution in [2.24, 2.45) is 0 Å². The molecular weight excluding hydrogens is 488 g/mol. The molecule has 0 spiro atoms. The normalized spacial score (nSPS) is 13.8. The van der Waals surface area contributed by atoms with Gasteiger partial charge in [0.25, 0.3) is 0 Å². The maximum absolute atomic E-state index is 7.16. The van der Waals surface area contributed by atoms with Crippen molar-refractivity contribution >= 4 is 39.8 Å². The van der Waals surface area contributed by atoms with E-state index in [0.29, 0.717) is 0 Å². The molecule has 6 aromatic rings. The molecular formula is C38H28O2. The summed E-state index contributed by atoms with van der Waals surface area (Å²) in [5, 5.41) is 4.70. The fraction of sp³-hybridized carbons (Fsp3) is 0.0526. The van der Waals surface area contributed by atoms with Crippen LogP contribution in [0, 0.1) is 0 Å². The summed E-state index contributed by atoms with van der Waals surface area (Å²) in [6.07, 6.45) is 8.79. The van der Waals surface area contributed by atoms with Crippen molar-refractivity contribution in [3.63, 3.8) is 0 Å². The Labute approximate surface area is 234 Å². The Balaban J connectivity index is 1.38. The third-order valence-corrected chi connectivity index (χ3v) is 7.75. The lowest BCUT2D eigenvalue weighted by atomic mass is 9.82. The summed E-state index contributed by atoms with van der Waals surface area (Å²) >= 11 is 0. The zero-order valence-electron chi connectivity index (χ0n) is 22.3. The van der Waals surface area contributed by atoms with Gasteiger partial charge in [0.2, 0.25) is 0 Å². The molecule has 0 amide bonds. The van der Waals surface area contributed by atoms with E-state index in [9.17, 15) is 0 Å². The minimum Gasteiger partial charge on any atom is -0.497 e. The Morgan fingerprint density at radius 3 is 2.05 bits per heavy atom. The molecule has 6 aromatic carbocycles. The van der Waals surface area contributed by atoms with Crippen molar-refractivity contribution < 1.29 is 9.47 Å². The molecule has 0 radical (unpaired) electrons. The lowest BCUT2D eigenvalue weighted by Gasteiger charge is -2.37. The van der Waals surface area contributed by atoms with Crippen LogP contribution >= 0.6 is 0 Å². The zero-order valence-corrected chi connectivity index (χ0v) is 22.3. The van der Waals surface area contributed by atoms with E-state index in [1.165, 1.54) is 16.2 Å². The number of hydrogen-bond acceptors (Lipinski definition) is 2. The van der Waals surface area contributed by atoms with Crippen LogP contribution in [0.4, 0.5) is 0 Å². The summed E-state index contributed by atoms with van der Waals surface area (Å²) in [6.45, 7) is 0. The van der Waals surface area contributed by atoms with Crippen LogP contribution in [0.2, 0.25) is 0 Å². The summed E-state index contributed by atoms with van der Waals surface area (Å²) in [6, 6.07) is 44.4. The molecule has 2 heteroatoms. The highest BCUT2D eigenvalue weighted by molar-refractivity contribution is 5.98. The molecule has 0 aliphatic carbocycles. The van der Waals surface area contributed by atoms with Gasteiger partial charge in [-0.25, -0.2) is 0 Å². The van der Waals surface area contributed by atoms with Gasteiger partial charge in [-0.1, -0.05) is 115 Å². The molecule has 0 aromatic heterocycles. The second-order valence-corrected chi connectivity index (χ2v) is 10.1. The molecule has 0 saturated carbocycles. The quantitative estimate of drug-likeness (QED) is 0.212. The molecule has 0 unspecified atom stereocenters. The molecule has 0 bridgehead atoms. The molecule has 0 saturated heterocycles. The first-order valence-corrected chi connectivity index (χ1v) is 13.5. The monoisotopic (exact) mass is 516 g/mol. The van der Waals surface area contributed by atoms with Gasteiger partial charge in [-0.05, 0) is 63.5 Å². The molecule has 1 heterocycles. The molecule has 40 heavy (non-hydrogen) atoms. The van der Waals surface area contributed by atoms with E-state index in [2.05, 4.69) is 133 Å². The molecule has 0 N–H and O–H groups in total. The van der Waals surface area contributed by atoms with Gasteiger partial charge in [-0.3, -0.25) is 0 Å². The maximum Gasteiger partial charge on any atom is 0.178 e. The molecule has 1 aliphatic heterocycles. The minimum atomic E-state index is -0.734. The lowest BCUT2D eigenvalue weighted by Crippen LogP contribution is -2.34. The number of fused-ring (bicyclic) bond motifs is 4. The standard InChI is InChI=1S/C38H28O2/c1-39-34-21-20-28-24-27(16-18-29(28)26-34)17-19-31-25-30-10-8-9-15-35(30)36-22-23-38(40-37(31)36,32-11-4-2-5-12-32)33-13-6-3-7-14-33/h2-26H,1H3/b19-17-. The van der Waals surface area contributed by atoms with Gasteiger partial charge < -0.3 is 9.47 Å². The minimum absolute atomic E-state index is 0.734. The Morgan fingerprint density at radius 2 is 1.30 bits per heavy atom. The molecule has 0 fully saturated rings. The number of hydrogen-bond donors (Lipinski definition) is 0. The molecule has 1 aliphatic rings.